The molecule has 1 aliphatic heterocycles. The molecule has 2 aromatic rings. The topological polar surface area (TPSA) is 141 Å². The molecule has 1 aromatic heterocycles. The SMILES string of the molecule is COc1cc(O)c2c(c1C)C(=O)OCCCCC(=O)N[C@H](c1nc(C)no1)CS(=O)C2. The summed E-state index contributed by atoms with van der Waals surface area (Å²) in [7, 11) is -0.171. The van der Waals surface area contributed by atoms with Gasteiger partial charge < -0.3 is 24.4 Å². The standard InChI is InChI=1S/C20H25N3O7S/c1-11-16(28-3)8-15(24)13-9-31(27)10-14(19-21-12(2)23-30-19)22-17(25)6-4-5-7-29-20(26)18(11)13/h8,14,24H,4-7,9-10H2,1-3H3,(H,22,25)/t14-,31?/m0/s1. The van der Waals surface area contributed by atoms with Crippen LogP contribution in [-0.2, 0) is 26.1 Å². The number of cyclic esters (lactones) is 1. The average Bonchev–Trinajstić information content (AvgIpc) is 3.15. The second-order valence-electron chi connectivity index (χ2n) is 7.22. The third-order valence-corrected chi connectivity index (χ3v) is 6.23. The van der Waals surface area contributed by atoms with Crippen molar-refractivity contribution < 1.29 is 32.9 Å². The van der Waals surface area contributed by atoms with E-state index in [1.165, 1.54) is 13.2 Å². The molecule has 1 aliphatic rings. The van der Waals surface area contributed by atoms with Gasteiger partial charge in [-0.2, -0.15) is 4.98 Å². The first-order valence-corrected chi connectivity index (χ1v) is 11.3. The van der Waals surface area contributed by atoms with Crippen molar-refractivity contribution in [2.45, 2.75) is 44.9 Å². The van der Waals surface area contributed by atoms with Crippen LogP contribution in [0.1, 0.15) is 58.5 Å². The quantitative estimate of drug-likeness (QED) is 0.654. The minimum absolute atomic E-state index is 0.0353. The number of methoxy groups -OCH3 is 1. The molecular formula is C20H25N3O7S. The van der Waals surface area contributed by atoms with Crippen molar-refractivity contribution in [1.29, 1.82) is 0 Å². The molecule has 0 saturated heterocycles. The minimum atomic E-state index is -1.60. The lowest BCUT2D eigenvalue weighted by Gasteiger charge is -2.19. The second kappa shape index (κ2) is 9.90. The third kappa shape index (κ3) is 5.40. The van der Waals surface area contributed by atoms with Crippen LogP contribution in [0.5, 0.6) is 11.5 Å². The molecule has 0 aliphatic carbocycles. The third-order valence-electron chi connectivity index (χ3n) is 4.91. The number of benzene rings is 1. The number of ether oxygens (including phenoxy) is 2. The highest BCUT2D eigenvalue weighted by Crippen LogP contribution is 2.34. The molecule has 2 N–H and O–H groups in total. The van der Waals surface area contributed by atoms with Gasteiger partial charge in [0.2, 0.25) is 11.8 Å². The first-order valence-electron chi connectivity index (χ1n) is 9.81. The summed E-state index contributed by atoms with van der Waals surface area (Å²) in [5.41, 5.74) is 0.823. The van der Waals surface area contributed by atoms with Crippen molar-refractivity contribution in [2.75, 3.05) is 19.5 Å². The Labute approximate surface area is 181 Å². The molecule has 0 radical (unpaired) electrons. The number of esters is 1. The maximum atomic E-state index is 13.0. The van der Waals surface area contributed by atoms with E-state index in [9.17, 15) is 18.9 Å². The normalized spacial score (nSPS) is 20.9. The number of phenols is 1. The van der Waals surface area contributed by atoms with Gasteiger partial charge >= 0.3 is 5.97 Å². The fourth-order valence-electron chi connectivity index (χ4n) is 3.36. The van der Waals surface area contributed by atoms with E-state index < -0.39 is 22.8 Å². The van der Waals surface area contributed by atoms with Gasteiger partial charge in [0.1, 0.15) is 17.5 Å². The number of carbonyl (C=O) groups is 2. The summed E-state index contributed by atoms with van der Waals surface area (Å²) in [6.07, 6.45) is 1.19. The summed E-state index contributed by atoms with van der Waals surface area (Å²) in [6.45, 7) is 3.43. The number of aromatic hydroxyl groups is 1. The van der Waals surface area contributed by atoms with Crippen LogP contribution in [0.4, 0.5) is 0 Å². The van der Waals surface area contributed by atoms with Gasteiger partial charge in [-0.25, -0.2) is 4.79 Å². The number of fused-ring (bicyclic) bond motifs is 1. The number of nitrogens with zero attached hydrogens (tertiary/aromatic N) is 2. The van der Waals surface area contributed by atoms with E-state index in [2.05, 4.69) is 15.5 Å². The highest BCUT2D eigenvalue weighted by molar-refractivity contribution is 7.84. The summed E-state index contributed by atoms with van der Waals surface area (Å²) in [4.78, 5) is 29.2. The second-order valence-corrected chi connectivity index (χ2v) is 8.72. The van der Waals surface area contributed by atoms with E-state index in [1.807, 2.05) is 0 Å². The van der Waals surface area contributed by atoms with Crippen LogP contribution in [0.15, 0.2) is 10.6 Å². The van der Waals surface area contributed by atoms with Crippen molar-refractivity contribution >= 4 is 22.7 Å². The number of aryl methyl sites for hydroxylation is 1. The predicted octanol–water partition coefficient (Wildman–Crippen LogP) is 1.85. The first-order chi connectivity index (χ1) is 14.8. The number of amides is 1. The predicted molar refractivity (Wildman–Crippen MR) is 110 cm³/mol. The van der Waals surface area contributed by atoms with Crippen molar-refractivity contribution in [3.63, 3.8) is 0 Å². The van der Waals surface area contributed by atoms with Crippen LogP contribution in [0.25, 0.3) is 0 Å². The summed E-state index contributed by atoms with van der Waals surface area (Å²) in [5.74, 6) is -0.415. The van der Waals surface area contributed by atoms with E-state index in [0.29, 0.717) is 30.0 Å². The monoisotopic (exact) mass is 451 g/mol. The van der Waals surface area contributed by atoms with Crippen LogP contribution in [0, 0.1) is 13.8 Å². The summed E-state index contributed by atoms with van der Waals surface area (Å²) < 4.78 is 28.8. The van der Waals surface area contributed by atoms with E-state index in [0.717, 1.165) is 0 Å². The molecule has 2 atom stereocenters. The number of aromatic nitrogens is 2. The number of nitrogens with one attached hydrogen (secondary N) is 1. The van der Waals surface area contributed by atoms with Gasteiger partial charge in [-0.05, 0) is 26.7 Å². The van der Waals surface area contributed by atoms with Gasteiger partial charge in [-0.15, -0.1) is 0 Å². The van der Waals surface area contributed by atoms with Crippen molar-refractivity contribution in [2.24, 2.45) is 0 Å². The van der Waals surface area contributed by atoms with Crippen LogP contribution < -0.4 is 10.1 Å². The zero-order valence-corrected chi connectivity index (χ0v) is 18.4. The molecule has 0 saturated carbocycles. The lowest BCUT2D eigenvalue weighted by Crippen LogP contribution is -2.32. The molecule has 2 heterocycles. The van der Waals surface area contributed by atoms with Gasteiger partial charge in [-0.3, -0.25) is 9.00 Å². The molecule has 1 unspecified atom stereocenters. The molecule has 0 bridgehead atoms. The lowest BCUT2D eigenvalue weighted by atomic mass is 10.0. The Morgan fingerprint density at radius 2 is 2.06 bits per heavy atom. The van der Waals surface area contributed by atoms with E-state index in [-0.39, 0.29) is 53.2 Å². The van der Waals surface area contributed by atoms with Crippen LogP contribution in [-0.4, -0.2) is 50.8 Å². The highest BCUT2D eigenvalue weighted by Gasteiger charge is 2.28. The van der Waals surface area contributed by atoms with Gasteiger partial charge in [-0.1, -0.05) is 5.16 Å². The minimum Gasteiger partial charge on any atom is -0.507 e. The van der Waals surface area contributed by atoms with Gasteiger partial charge in [0.15, 0.2) is 5.82 Å². The summed E-state index contributed by atoms with van der Waals surface area (Å²) in [5, 5.41) is 17.1. The van der Waals surface area contributed by atoms with Crippen molar-refractivity contribution in [1.82, 2.24) is 15.5 Å². The fourth-order valence-corrected chi connectivity index (χ4v) is 4.69. The fraction of sp³-hybridized carbons (Fsp3) is 0.500. The van der Waals surface area contributed by atoms with Gasteiger partial charge in [0.05, 0.1) is 30.8 Å². The number of hydrogen-bond acceptors (Lipinski definition) is 9. The molecule has 0 spiro atoms. The Bertz CT molecular complexity index is 1000. The van der Waals surface area contributed by atoms with Crippen molar-refractivity contribution in [3.05, 3.63) is 34.5 Å². The number of carbonyl (C=O) groups excluding carboxylic acids is 2. The molecule has 11 heteroatoms. The maximum absolute atomic E-state index is 13.0. The zero-order valence-electron chi connectivity index (χ0n) is 17.6. The van der Waals surface area contributed by atoms with E-state index >= 15 is 0 Å². The average molecular weight is 452 g/mol. The zero-order chi connectivity index (χ0) is 22.5. The first kappa shape index (κ1) is 22.7. The van der Waals surface area contributed by atoms with Gasteiger partial charge in [0, 0.05) is 34.4 Å². The summed E-state index contributed by atoms with van der Waals surface area (Å²) >= 11 is 0. The smallest absolute Gasteiger partial charge is 0.338 e. The van der Waals surface area contributed by atoms with Crippen LogP contribution in [0.2, 0.25) is 0 Å². The largest absolute Gasteiger partial charge is 0.507 e. The Morgan fingerprint density at radius 1 is 1.29 bits per heavy atom. The summed E-state index contributed by atoms with van der Waals surface area (Å²) in [6, 6.07) is 0.622. The molecule has 1 aromatic carbocycles. The number of hydrogen-bond donors (Lipinski definition) is 2. The van der Waals surface area contributed by atoms with E-state index in [1.54, 1.807) is 13.8 Å². The number of rotatable bonds is 2. The molecule has 0 fully saturated rings. The molecule has 10 nitrogen and oxygen atoms in total. The van der Waals surface area contributed by atoms with Crippen LogP contribution in [0.3, 0.4) is 0 Å². The number of phenolic OH excluding ortho intramolecular Hbond substituents is 1. The Balaban J connectivity index is 1.99. The Hall–Kier alpha value is -2.95. The Kier molecular flexibility index (Phi) is 7.26. The van der Waals surface area contributed by atoms with Crippen molar-refractivity contribution in [3.8, 4) is 11.5 Å². The molecule has 1 amide bonds. The molecule has 31 heavy (non-hydrogen) atoms. The van der Waals surface area contributed by atoms with E-state index in [4.69, 9.17) is 14.0 Å². The van der Waals surface area contributed by atoms with Crippen LogP contribution >= 0.6 is 0 Å². The molecule has 168 valence electrons. The highest BCUT2D eigenvalue weighted by atomic mass is 32.2. The van der Waals surface area contributed by atoms with Gasteiger partial charge in [0.25, 0.3) is 0 Å². The molecular weight excluding hydrogens is 426 g/mol. The Morgan fingerprint density at radius 3 is 2.74 bits per heavy atom. The molecule has 3 rings (SSSR count). The lowest BCUT2D eigenvalue weighted by molar-refractivity contribution is -0.122. The maximum Gasteiger partial charge on any atom is 0.338 e.